The van der Waals surface area contributed by atoms with Crippen LogP contribution < -0.4 is 0 Å². The molecule has 1 aromatic carbocycles. The third-order valence-corrected chi connectivity index (χ3v) is 5.81. The van der Waals surface area contributed by atoms with Crippen molar-refractivity contribution >= 4 is 27.7 Å². The molecule has 0 amide bonds. The molecule has 1 aromatic rings. The average Bonchev–Trinajstić information content (AvgIpc) is 2.41. The first-order valence-electron chi connectivity index (χ1n) is 6.89. The van der Waals surface area contributed by atoms with Crippen LogP contribution >= 0.6 is 27.7 Å². The minimum absolute atomic E-state index is 0.248. The van der Waals surface area contributed by atoms with Crippen molar-refractivity contribution in [2.45, 2.75) is 49.9 Å². The van der Waals surface area contributed by atoms with E-state index in [2.05, 4.69) is 15.9 Å². The quantitative estimate of drug-likeness (QED) is 0.843. The van der Waals surface area contributed by atoms with E-state index >= 15 is 0 Å². The van der Waals surface area contributed by atoms with E-state index in [-0.39, 0.29) is 11.9 Å². The Morgan fingerprint density at radius 1 is 1.32 bits per heavy atom. The summed E-state index contributed by atoms with van der Waals surface area (Å²) >= 11 is 5.24. The van der Waals surface area contributed by atoms with Crippen LogP contribution in [0.5, 0.6) is 0 Å². The van der Waals surface area contributed by atoms with Crippen LogP contribution in [0.1, 0.15) is 37.7 Å². The maximum absolute atomic E-state index is 13.0. The fourth-order valence-electron chi connectivity index (χ4n) is 2.48. The Kier molecular flexibility index (Phi) is 6.17. The van der Waals surface area contributed by atoms with E-state index in [1.54, 1.807) is 6.07 Å². The number of hydrogen-bond acceptors (Lipinski definition) is 2. The van der Waals surface area contributed by atoms with E-state index in [0.29, 0.717) is 6.42 Å². The van der Waals surface area contributed by atoms with Gasteiger partial charge in [0.1, 0.15) is 5.82 Å². The van der Waals surface area contributed by atoms with Gasteiger partial charge >= 0.3 is 0 Å². The summed E-state index contributed by atoms with van der Waals surface area (Å²) in [6, 6.07) is 4.64. The monoisotopic (exact) mass is 346 g/mol. The Bertz CT molecular complexity index is 407. The molecule has 1 saturated carbocycles. The molecule has 2 rings (SSSR count). The molecule has 1 nitrogen and oxygen atoms in total. The van der Waals surface area contributed by atoms with Crippen LogP contribution in [0.3, 0.4) is 0 Å². The Balaban J connectivity index is 1.78. The SMILES string of the molecule is OC(CSC1CCCCC1)Cc1ccc(F)cc1Br. The van der Waals surface area contributed by atoms with Crippen molar-refractivity contribution in [3.63, 3.8) is 0 Å². The summed E-state index contributed by atoms with van der Waals surface area (Å²) < 4.78 is 13.7. The zero-order chi connectivity index (χ0) is 13.7. The van der Waals surface area contributed by atoms with Crippen molar-refractivity contribution in [3.05, 3.63) is 34.1 Å². The van der Waals surface area contributed by atoms with Gasteiger partial charge in [-0.05, 0) is 30.5 Å². The summed E-state index contributed by atoms with van der Waals surface area (Å²) in [6.45, 7) is 0. The number of aliphatic hydroxyl groups excluding tert-OH is 1. The molecule has 1 unspecified atom stereocenters. The van der Waals surface area contributed by atoms with Crippen molar-refractivity contribution in [1.29, 1.82) is 0 Å². The lowest BCUT2D eigenvalue weighted by molar-refractivity contribution is 0.199. The van der Waals surface area contributed by atoms with Crippen molar-refractivity contribution in [1.82, 2.24) is 0 Å². The first kappa shape index (κ1) is 15.3. The highest BCUT2D eigenvalue weighted by molar-refractivity contribution is 9.10. The van der Waals surface area contributed by atoms with Crippen molar-refractivity contribution in [2.24, 2.45) is 0 Å². The summed E-state index contributed by atoms with van der Waals surface area (Å²) in [5.74, 6) is 0.524. The summed E-state index contributed by atoms with van der Waals surface area (Å²) in [4.78, 5) is 0. The van der Waals surface area contributed by atoms with Gasteiger partial charge in [-0.25, -0.2) is 4.39 Å². The van der Waals surface area contributed by atoms with Gasteiger partial charge in [0.15, 0.2) is 0 Å². The second kappa shape index (κ2) is 7.65. The largest absolute Gasteiger partial charge is 0.392 e. The Morgan fingerprint density at radius 3 is 2.74 bits per heavy atom. The molecule has 1 N–H and O–H groups in total. The summed E-state index contributed by atoms with van der Waals surface area (Å²) in [5.41, 5.74) is 0.971. The van der Waals surface area contributed by atoms with Gasteiger partial charge < -0.3 is 5.11 Å². The fraction of sp³-hybridized carbons (Fsp3) is 0.600. The molecule has 0 saturated heterocycles. The van der Waals surface area contributed by atoms with Crippen molar-refractivity contribution < 1.29 is 9.50 Å². The standard InChI is InChI=1S/C15H20BrFOS/c16-15-9-12(17)7-6-11(15)8-13(18)10-19-14-4-2-1-3-5-14/h6-7,9,13-14,18H,1-5,8,10H2. The highest BCUT2D eigenvalue weighted by Crippen LogP contribution is 2.29. The Morgan fingerprint density at radius 2 is 2.05 bits per heavy atom. The van der Waals surface area contributed by atoms with Crippen LogP contribution in [0.25, 0.3) is 0 Å². The van der Waals surface area contributed by atoms with Crippen LogP contribution in [0.2, 0.25) is 0 Å². The first-order chi connectivity index (χ1) is 9.15. The van der Waals surface area contributed by atoms with Gasteiger partial charge in [-0.2, -0.15) is 11.8 Å². The second-order valence-electron chi connectivity index (χ2n) is 5.19. The molecule has 1 aliphatic carbocycles. The maximum atomic E-state index is 13.0. The minimum Gasteiger partial charge on any atom is -0.392 e. The minimum atomic E-state index is -0.353. The molecule has 0 aliphatic heterocycles. The number of halogens is 2. The zero-order valence-electron chi connectivity index (χ0n) is 10.9. The molecular formula is C15H20BrFOS. The third kappa shape index (κ3) is 5.09. The molecule has 0 heterocycles. The number of rotatable bonds is 5. The van der Waals surface area contributed by atoms with Crippen molar-refractivity contribution in [2.75, 3.05) is 5.75 Å². The molecule has 1 atom stereocenters. The van der Waals surface area contributed by atoms with E-state index in [4.69, 9.17) is 0 Å². The lowest BCUT2D eigenvalue weighted by Gasteiger charge is -2.22. The summed E-state index contributed by atoms with van der Waals surface area (Å²) in [5, 5.41) is 10.8. The molecule has 19 heavy (non-hydrogen) atoms. The highest BCUT2D eigenvalue weighted by Gasteiger charge is 2.16. The van der Waals surface area contributed by atoms with E-state index in [9.17, 15) is 9.50 Å². The molecule has 1 aliphatic rings. The Hall–Kier alpha value is -0.0600. The number of aliphatic hydroxyl groups is 1. The number of benzene rings is 1. The van der Waals surface area contributed by atoms with E-state index in [1.165, 1.54) is 44.2 Å². The summed E-state index contributed by atoms with van der Waals surface area (Å²) in [6.07, 6.45) is 6.83. The smallest absolute Gasteiger partial charge is 0.124 e. The van der Waals surface area contributed by atoms with Gasteiger partial charge in [-0.3, -0.25) is 0 Å². The van der Waals surface area contributed by atoms with Gasteiger partial charge in [0.05, 0.1) is 6.10 Å². The number of hydrogen-bond donors (Lipinski definition) is 1. The van der Waals surface area contributed by atoms with Crippen LogP contribution in [0, 0.1) is 5.82 Å². The molecular weight excluding hydrogens is 327 g/mol. The zero-order valence-corrected chi connectivity index (χ0v) is 13.4. The Labute approximate surface area is 127 Å². The molecule has 106 valence electrons. The lowest BCUT2D eigenvalue weighted by Crippen LogP contribution is -2.18. The van der Waals surface area contributed by atoms with Gasteiger partial charge in [-0.1, -0.05) is 41.3 Å². The molecule has 0 aromatic heterocycles. The van der Waals surface area contributed by atoms with E-state index in [1.807, 2.05) is 11.8 Å². The molecule has 4 heteroatoms. The number of thioether (sulfide) groups is 1. The first-order valence-corrected chi connectivity index (χ1v) is 8.73. The fourth-order valence-corrected chi connectivity index (χ4v) is 4.27. The van der Waals surface area contributed by atoms with Gasteiger partial charge in [0.25, 0.3) is 0 Å². The molecule has 0 spiro atoms. The van der Waals surface area contributed by atoms with Crippen LogP contribution in [0.15, 0.2) is 22.7 Å². The molecule has 0 radical (unpaired) electrons. The van der Waals surface area contributed by atoms with E-state index < -0.39 is 0 Å². The van der Waals surface area contributed by atoms with Gasteiger partial charge in [0.2, 0.25) is 0 Å². The molecule has 0 bridgehead atoms. The predicted molar refractivity (Wildman–Crippen MR) is 83.1 cm³/mol. The third-order valence-electron chi connectivity index (χ3n) is 3.55. The van der Waals surface area contributed by atoms with Gasteiger partial charge in [-0.15, -0.1) is 0 Å². The topological polar surface area (TPSA) is 20.2 Å². The normalized spacial score (nSPS) is 18.5. The van der Waals surface area contributed by atoms with Gasteiger partial charge in [0, 0.05) is 21.9 Å². The van der Waals surface area contributed by atoms with Crippen LogP contribution in [0.4, 0.5) is 4.39 Å². The average molecular weight is 347 g/mol. The second-order valence-corrected chi connectivity index (χ2v) is 7.37. The summed E-state index contributed by atoms with van der Waals surface area (Å²) in [7, 11) is 0. The van der Waals surface area contributed by atoms with Crippen molar-refractivity contribution in [3.8, 4) is 0 Å². The highest BCUT2D eigenvalue weighted by atomic mass is 79.9. The van der Waals surface area contributed by atoms with Crippen LogP contribution in [-0.4, -0.2) is 22.2 Å². The van der Waals surface area contributed by atoms with Crippen LogP contribution in [-0.2, 0) is 6.42 Å². The van der Waals surface area contributed by atoms with E-state index in [0.717, 1.165) is 21.0 Å². The molecule has 1 fully saturated rings. The maximum Gasteiger partial charge on any atom is 0.124 e. The predicted octanol–water partition coefficient (Wildman–Crippen LogP) is 4.56. The lowest BCUT2D eigenvalue weighted by atomic mass is 10.0.